The molecule has 2 heterocycles. The first-order chi connectivity index (χ1) is 13.1. The topological polar surface area (TPSA) is 69.6 Å². The number of guanidine groups is 1. The summed E-state index contributed by atoms with van der Waals surface area (Å²) < 4.78 is 0. The number of aryl methyl sites for hydroxylation is 2. The van der Waals surface area contributed by atoms with E-state index in [0.29, 0.717) is 19.5 Å². The van der Waals surface area contributed by atoms with Gasteiger partial charge in [0.1, 0.15) is 5.01 Å². The van der Waals surface area contributed by atoms with Crippen LogP contribution in [0.15, 0.2) is 29.3 Å². The largest absolute Gasteiger partial charge is 0.357 e. The highest BCUT2D eigenvalue weighted by atomic mass is 127. The van der Waals surface area contributed by atoms with Gasteiger partial charge in [0, 0.05) is 30.1 Å². The molecule has 1 fully saturated rings. The van der Waals surface area contributed by atoms with Crippen LogP contribution in [-0.4, -0.2) is 29.9 Å². The third kappa shape index (κ3) is 5.91. The van der Waals surface area contributed by atoms with E-state index in [0.717, 1.165) is 47.4 Å². The minimum Gasteiger partial charge on any atom is -0.357 e. The fourth-order valence-corrected chi connectivity index (χ4v) is 3.86. The summed E-state index contributed by atoms with van der Waals surface area (Å²) in [5.74, 6) is 0.994. The molecular weight excluding hydrogens is 485 g/mol. The van der Waals surface area contributed by atoms with Crippen molar-refractivity contribution in [2.24, 2.45) is 4.99 Å². The van der Waals surface area contributed by atoms with Crippen molar-refractivity contribution in [3.05, 3.63) is 45.4 Å². The summed E-state index contributed by atoms with van der Waals surface area (Å²) in [6.45, 7) is 9.05. The molecule has 0 aliphatic carbocycles. The van der Waals surface area contributed by atoms with Crippen molar-refractivity contribution in [3.63, 3.8) is 0 Å². The van der Waals surface area contributed by atoms with E-state index < -0.39 is 0 Å². The number of carbonyl (C=O) groups excluding carboxylic acids is 1. The van der Waals surface area contributed by atoms with E-state index in [1.807, 2.05) is 36.1 Å². The van der Waals surface area contributed by atoms with Crippen molar-refractivity contribution >= 4 is 52.9 Å². The number of amides is 1. The van der Waals surface area contributed by atoms with Crippen LogP contribution in [0.25, 0.3) is 0 Å². The van der Waals surface area contributed by atoms with Crippen molar-refractivity contribution < 1.29 is 4.79 Å². The molecule has 1 aliphatic rings. The first kappa shape index (κ1) is 22.6. The highest BCUT2D eigenvalue weighted by molar-refractivity contribution is 14.0. The number of anilines is 1. The van der Waals surface area contributed by atoms with Gasteiger partial charge in [-0.25, -0.2) is 9.98 Å². The summed E-state index contributed by atoms with van der Waals surface area (Å²) in [5, 5.41) is 7.68. The monoisotopic (exact) mass is 513 g/mol. The fourth-order valence-electron chi connectivity index (χ4n) is 2.99. The number of nitrogens with one attached hydrogen (secondary N) is 2. The van der Waals surface area contributed by atoms with E-state index in [-0.39, 0.29) is 29.9 Å². The van der Waals surface area contributed by atoms with Gasteiger partial charge < -0.3 is 15.5 Å². The Labute approximate surface area is 187 Å². The fraction of sp³-hybridized carbons (Fsp3) is 0.450. The van der Waals surface area contributed by atoms with Gasteiger partial charge in [0.25, 0.3) is 0 Å². The molecule has 1 amide bonds. The van der Waals surface area contributed by atoms with E-state index >= 15 is 0 Å². The quantitative estimate of drug-likeness (QED) is 0.351. The molecule has 2 N–H and O–H groups in total. The molecule has 0 bridgehead atoms. The number of hydrogen-bond acceptors (Lipinski definition) is 4. The molecule has 0 radical (unpaired) electrons. The number of benzene rings is 1. The lowest BCUT2D eigenvalue weighted by molar-refractivity contribution is -0.117. The lowest BCUT2D eigenvalue weighted by atomic mass is 10.2. The molecule has 1 aromatic carbocycles. The van der Waals surface area contributed by atoms with Crippen molar-refractivity contribution in [1.82, 2.24) is 15.6 Å². The standard InChI is InChI=1S/C20H27N5OS.HI/c1-4-21-20(23-13-18-24-14(2)15(3)27-18)22-12-16-7-9-17(10-8-16)25-11-5-6-19(25)26;/h7-10H,4-6,11-13H2,1-3H3,(H2,21,22,23);1H. The zero-order valence-electron chi connectivity index (χ0n) is 16.6. The van der Waals surface area contributed by atoms with Crippen LogP contribution in [0, 0.1) is 13.8 Å². The molecule has 3 rings (SSSR count). The maximum absolute atomic E-state index is 11.8. The van der Waals surface area contributed by atoms with Gasteiger partial charge in [-0.1, -0.05) is 12.1 Å². The van der Waals surface area contributed by atoms with Crippen LogP contribution in [0.4, 0.5) is 5.69 Å². The first-order valence-electron chi connectivity index (χ1n) is 9.41. The minimum absolute atomic E-state index is 0. The lowest BCUT2D eigenvalue weighted by Crippen LogP contribution is -2.36. The number of rotatable bonds is 6. The maximum atomic E-state index is 11.8. The number of hydrogen-bond donors (Lipinski definition) is 2. The predicted octanol–water partition coefficient (Wildman–Crippen LogP) is 3.76. The number of carbonyl (C=O) groups is 1. The molecule has 1 aliphatic heterocycles. The van der Waals surface area contributed by atoms with E-state index in [9.17, 15) is 4.79 Å². The molecule has 1 saturated heterocycles. The molecule has 28 heavy (non-hydrogen) atoms. The van der Waals surface area contributed by atoms with Gasteiger partial charge in [-0.15, -0.1) is 35.3 Å². The van der Waals surface area contributed by atoms with Crippen LogP contribution in [0.1, 0.15) is 40.9 Å². The Balaban J connectivity index is 0.00000280. The van der Waals surface area contributed by atoms with Crippen molar-refractivity contribution in [2.75, 3.05) is 18.0 Å². The SMILES string of the molecule is CCNC(=NCc1ccc(N2CCCC2=O)cc1)NCc1nc(C)c(C)s1.I. The Hall–Kier alpha value is -1.68. The van der Waals surface area contributed by atoms with Gasteiger partial charge in [-0.3, -0.25) is 4.79 Å². The molecule has 8 heteroatoms. The van der Waals surface area contributed by atoms with Gasteiger partial charge in [0.2, 0.25) is 5.91 Å². The second-order valence-corrected chi connectivity index (χ2v) is 7.90. The van der Waals surface area contributed by atoms with Gasteiger partial charge >= 0.3 is 0 Å². The average Bonchev–Trinajstić information content (AvgIpc) is 3.23. The molecule has 152 valence electrons. The predicted molar refractivity (Wildman–Crippen MR) is 127 cm³/mol. The van der Waals surface area contributed by atoms with Gasteiger partial charge in [-0.05, 0) is 44.9 Å². The summed E-state index contributed by atoms with van der Waals surface area (Å²) in [5.41, 5.74) is 3.18. The van der Waals surface area contributed by atoms with Crippen LogP contribution in [0.2, 0.25) is 0 Å². The zero-order chi connectivity index (χ0) is 19.2. The summed E-state index contributed by atoms with van der Waals surface area (Å²) in [4.78, 5) is 24.2. The van der Waals surface area contributed by atoms with Crippen LogP contribution in [-0.2, 0) is 17.9 Å². The Bertz CT molecular complexity index is 799. The number of halogens is 1. The van der Waals surface area contributed by atoms with E-state index in [2.05, 4.69) is 34.5 Å². The Kier molecular flexibility index (Phi) is 8.68. The van der Waals surface area contributed by atoms with Crippen molar-refractivity contribution in [1.29, 1.82) is 0 Å². The molecule has 0 saturated carbocycles. The first-order valence-corrected chi connectivity index (χ1v) is 10.2. The molecule has 0 atom stereocenters. The number of aliphatic imine (C=N–C) groups is 1. The summed E-state index contributed by atoms with van der Waals surface area (Å²) in [6.07, 6.45) is 1.60. The second-order valence-electron chi connectivity index (χ2n) is 6.61. The number of thiazole rings is 1. The van der Waals surface area contributed by atoms with E-state index in [1.54, 1.807) is 11.3 Å². The molecule has 1 aromatic heterocycles. The zero-order valence-corrected chi connectivity index (χ0v) is 19.8. The van der Waals surface area contributed by atoms with Gasteiger partial charge in [0.15, 0.2) is 5.96 Å². The van der Waals surface area contributed by atoms with Crippen LogP contribution >= 0.6 is 35.3 Å². The molecule has 0 unspecified atom stereocenters. The smallest absolute Gasteiger partial charge is 0.227 e. The van der Waals surface area contributed by atoms with Crippen LogP contribution in [0.5, 0.6) is 0 Å². The normalized spacial score (nSPS) is 14.2. The summed E-state index contributed by atoms with van der Waals surface area (Å²) in [7, 11) is 0. The highest BCUT2D eigenvalue weighted by Crippen LogP contribution is 2.21. The van der Waals surface area contributed by atoms with Gasteiger partial charge in [0.05, 0.1) is 18.8 Å². The minimum atomic E-state index is 0. The van der Waals surface area contributed by atoms with E-state index in [1.165, 1.54) is 4.88 Å². The Morgan fingerprint density at radius 1 is 1.25 bits per heavy atom. The Morgan fingerprint density at radius 2 is 2.00 bits per heavy atom. The number of aromatic nitrogens is 1. The van der Waals surface area contributed by atoms with Crippen LogP contribution < -0.4 is 15.5 Å². The molecule has 6 nitrogen and oxygen atoms in total. The van der Waals surface area contributed by atoms with Gasteiger partial charge in [-0.2, -0.15) is 0 Å². The average molecular weight is 513 g/mol. The molecule has 2 aromatic rings. The van der Waals surface area contributed by atoms with E-state index in [4.69, 9.17) is 0 Å². The van der Waals surface area contributed by atoms with Crippen LogP contribution in [0.3, 0.4) is 0 Å². The molecule has 0 spiro atoms. The Morgan fingerprint density at radius 3 is 2.57 bits per heavy atom. The summed E-state index contributed by atoms with van der Waals surface area (Å²) >= 11 is 1.71. The van der Waals surface area contributed by atoms with Crippen molar-refractivity contribution in [2.45, 2.75) is 46.7 Å². The summed E-state index contributed by atoms with van der Waals surface area (Å²) in [6, 6.07) is 8.11. The third-order valence-corrected chi connectivity index (χ3v) is 5.64. The highest BCUT2D eigenvalue weighted by Gasteiger charge is 2.21. The lowest BCUT2D eigenvalue weighted by Gasteiger charge is -2.15. The second kappa shape index (κ2) is 10.8. The maximum Gasteiger partial charge on any atom is 0.227 e. The number of nitrogens with zero attached hydrogens (tertiary/aromatic N) is 3. The third-order valence-electron chi connectivity index (χ3n) is 4.57. The molecular formula is C20H28IN5OS. The van der Waals surface area contributed by atoms with Crippen molar-refractivity contribution in [3.8, 4) is 0 Å².